The van der Waals surface area contributed by atoms with Crippen LogP contribution in [0.2, 0.25) is 0 Å². The van der Waals surface area contributed by atoms with Gasteiger partial charge in [0, 0.05) is 42.1 Å². The summed E-state index contributed by atoms with van der Waals surface area (Å²) in [6.07, 6.45) is 11.5. The molecule has 3 N–H and O–H groups in total. The van der Waals surface area contributed by atoms with Gasteiger partial charge in [-0.1, -0.05) is 6.07 Å². The Labute approximate surface area is 144 Å². The highest BCUT2D eigenvalue weighted by Crippen LogP contribution is 2.28. The van der Waals surface area contributed by atoms with Crippen LogP contribution >= 0.6 is 0 Å². The third kappa shape index (κ3) is 2.40. The van der Waals surface area contributed by atoms with E-state index in [1.807, 2.05) is 23.0 Å². The van der Waals surface area contributed by atoms with Gasteiger partial charge in [-0.25, -0.2) is 9.97 Å². The summed E-state index contributed by atoms with van der Waals surface area (Å²) in [6, 6.07) is 6.41. The maximum Gasteiger partial charge on any atom is 0.180 e. The number of aromatic nitrogens is 5. The molecule has 25 heavy (non-hydrogen) atoms. The summed E-state index contributed by atoms with van der Waals surface area (Å²) in [7, 11) is 0. The lowest BCUT2D eigenvalue weighted by Gasteiger charge is -2.19. The molecule has 0 aliphatic carbocycles. The molecular weight excluding hydrogens is 314 g/mol. The number of hydrogen-bond acceptors (Lipinski definition) is 5. The van der Waals surface area contributed by atoms with Crippen LogP contribution in [-0.4, -0.2) is 31.1 Å². The Morgan fingerprint density at radius 1 is 1.16 bits per heavy atom. The predicted molar refractivity (Wildman–Crippen MR) is 97.1 cm³/mol. The van der Waals surface area contributed by atoms with E-state index in [4.69, 9.17) is 0 Å². The molecule has 1 aromatic carbocycles. The number of H-pyrrole nitrogens is 1. The largest absolute Gasteiger partial charge is 0.385 e. The predicted octanol–water partition coefficient (Wildman–Crippen LogP) is 3.22. The van der Waals surface area contributed by atoms with Crippen LogP contribution in [0.1, 0.15) is 12.0 Å². The molecule has 124 valence electrons. The van der Waals surface area contributed by atoms with Gasteiger partial charge in [-0.2, -0.15) is 5.10 Å². The summed E-state index contributed by atoms with van der Waals surface area (Å²) in [6.45, 7) is 1.03. The number of imidazole rings is 1. The van der Waals surface area contributed by atoms with Crippen molar-refractivity contribution < 1.29 is 0 Å². The minimum atomic E-state index is 0.730. The number of rotatable bonds is 3. The Kier molecular flexibility index (Phi) is 3.16. The van der Waals surface area contributed by atoms with E-state index in [1.54, 1.807) is 12.4 Å². The fourth-order valence-corrected chi connectivity index (χ4v) is 3.29. The van der Waals surface area contributed by atoms with E-state index in [9.17, 15) is 0 Å². The van der Waals surface area contributed by atoms with Crippen LogP contribution in [0.4, 0.5) is 17.2 Å². The van der Waals surface area contributed by atoms with Crippen molar-refractivity contribution in [2.45, 2.75) is 12.8 Å². The first-order valence-corrected chi connectivity index (χ1v) is 8.33. The Balaban J connectivity index is 1.53. The lowest BCUT2D eigenvalue weighted by atomic mass is 10.0. The molecule has 0 fully saturated rings. The summed E-state index contributed by atoms with van der Waals surface area (Å²) in [5.74, 6) is 0.730. The molecule has 4 heterocycles. The number of nitrogens with one attached hydrogen (secondary N) is 3. The molecule has 1 aliphatic rings. The quantitative estimate of drug-likeness (QED) is 0.537. The Bertz CT molecular complexity index is 1030. The average molecular weight is 331 g/mol. The number of hydrogen-bond donors (Lipinski definition) is 3. The number of aryl methyl sites for hydroxylation is 1. The average Bonchev–Trinajstić information content (AvgIpc) is 3.31. The van der Waals surface area contributed by atoms with Crippen molar-refractivity contribution in [2.24, 2.45) is 0 Å². The number of anilines is 3. The first kappa shape index (κ1) is 14.0. The molecule has 7 heteroatoms. The number of nitrogens with zero attached hydrogens (tertiary/aromatic N) is 4. The lowest BCUT2D eigenvalue weighted by Crippen LogP contribution is -2.11. The minimum Gasteiger partial charge on any atom is -0.385 e. The summed E-state index contributed by atoms with van der Waals surface area (Å²) in [5.41, 5.74) is 6.31. The van der Waals surface area contributed by atoms with E-state index in [1.165, 1.54) is 17.7 Å². The van der Waals surface area contributed by atoms with Gasteiger partial charge in [0.05, 0.1) is 18.1 Å². The molecule has 0 amide bonds. The van der Waals surface area contributed by atoms with Crippen LogP contribution in [0.3, 0.4) is 0 Å². The highest BCUT2D eigenvalue weighted by Gasteiger charge is 2.13. The third-order valence-corrected chi connectivity index (χ3v) is 4.53. The normalized spacial score (nSPS) is 13.4. The Morgan fingerprint density at radius 2 is 2.16 bits per heavy atom. The molecular formula is C18H17N7. The first-order chi connectivity index (χ1) is 12.4. The summed E-state index contributed by atoms with van der Waals surface area (Å²) in [4.78, 5) is 9.01. The Hall–Kier alpha value is -3.35. The molecule has 0 saturated heterocycles. The molecule has 0 unspecified atom stereocenters. The Morgan fingerprint density at radius 3 is 3.08 bits per heavy atom. The second kappa shape index (κ2) is 5.62. The van der Waals surface area contributed by atoms with Crippen LogP contribution < -0.4 is 10.6 Å². The van der Waals surface area contributed by atoms with E-state index < -0.39 is 0 Å². The maximum atomic E-state index is 4.54. The van der Waals surface area contributed by atoms with Gasteiger partial charge in [0.25, 0.3) is 0 Å². The van der Waals surface area contributed by atoms with Gasteiger partial charge in [-0.05, 0) is 30.5 Å². The zero-order valence-corrected chi connectivity index (χ0v) is 13.5. The first-order valence-electron chi connectivity index (χ1n) is 8.33. The minimum absolute atomic E-state index is 0.730. The zero-order chi connectivity index (χ0) is 16.6. The fourth-order valence-electron chi connectivity index (χ4n) is 3.29. The van der Waals surface area contributed by atoms with Gasteiger partial charge in [0.1, 0.15) is 0 Å². The molecule has 1 aliphatic heterocycles. The molecule has 0 saturated carbocycles. The van der Waals surface area contributed by atoms with Crippen molar-refractivity contribution in [1.29, 1.82) is 0 Å². The molecule has 0 atom stereocenters. The van der Waals surface area contributed by atoms with Crippen molar-refractivity contribution >= 4 is 22.8 Å². The third-order valence-electron chi connectivity index (χ3n) is 4.53. The standard InChI is InChI=1S/C18H17N7/c1-2-12-3-4-14(8-15(12)19-5-1)24-17-18-21-11-16(13-9-22-23-10-13)25(18)7-6-20-17/h3-4,6-11,19H,1-2,5H2,(H,20,24)(H,22,23). The zero-order valence-electron chi connectivity index (χ0n) is 13.5. The number of aromatic amines is 1. The van der Waals surface area contributed by atoms with Crippen molar-refractivity contribution in [3.63, 3.8) is 0 Å². The van der Waals surface area contributed by atoms with E-state index in [0.29, 0.717) is 0 Å². The van der Waals surface area contributed by atoms with Crippen LogP contribution in [0.25, 0.3) is 16.9 Å². The monoisotopic (exact) mass is 331 g/mol. The molecule has 7 nitrogen and oxygen atoms in total. The van der Waals surface area contributed by atoms with Crippen LogP contribution in [0.5, 0.6) is 0 Å². The van der Waals surface area contributed by atoms with Gasteiger partial charge in [-0.15, -0.1) is 0 Å². The van der Waals surface area contributed by atoms with Crippen LogP contribution in [0, 0.1) is 0 Å². The van der Waals surface area contributed by atoms with E-state index >= 15 is 0 Å². The van der Waals surface area contributed by atoms with Crippen molar-refractivity contribution in [3.05, 3.63) is 54.7 Å². The molecule has 4 aromatic rings. The topological polar surface area (TPSA) is 82.9 Å². The highest BCUT2D eigenvalue weighted by molar-refractivity contribution is 5.75. The second-order valence-corrected chi connectivity index (χ2v) is 6.13. The molecule has 5 rings (SSSR count). The van der Waals surface area contributed by atoms with Crippen LogP contribution in [0.15, 0.2) is 49.2 Å². The summed E-state index contributed by atoms with van der Waals surface area (Å²) in [5, 5.41) is 13.7. The van der Waals surface area contributed by atoms with Gasteiger partial charge < -0.3 is 10.6 Å². The van der Waals surface area contributed by atoms with Crippen LogP contribution in [-0.2, 0) is 6.42 Å². The number of benzene rings is 1. The molecule has 0 spiro atoms. The fraction of sp³-hybridized carbons (Fsp3) is 0.167. The lowest BCUT2D eigenvalue weighted by molar-refractivity contribution is 0.830. The number of fused-ring (bicyclic) bond motifs is 2. The molecule has 3 aromatic heterocycles. The maximum absolute atomic E-state index is 4.54. The smallest absolute Gasteiger partial charge is 0.180 e. The van der Waals surface area contributed by atoms with E-state index in [2.05, 4.69) is 49.0 Å². The van der Waals surface area contributed by atoms with E-state index in [-0.39, 0.29) is 0 Å². The molecule has 0 bridgehead atoms. The van der Waals surface area contributed by atoms with Crippen molar-refractivity contribution in [2.75, 3.05) is 17.2 Å². The van der Waals surface area contributed by atoms with Crippen molar-refractivity contribution in [3.8, 4) is 11.3 Å². The van der Waals surface area contributed by atoms with Gasteiger partial charge in [-0.3, -0.25) is 9.50 Å². The highest BCUT2D eigenvalue weighted by atomic mass is 15.1. The van der Waals surface area contributed by atoms with E-state index in [0.717, 1.165) is 41.4 Å². The summed E-state index contributed by atoms with van der Waals surface area (Å²) < 4.78 is 2.01. The second-order valence-electron chi connectivity index (χ2n) is 6.13. The van der Waals surface area contributed by atoms with Gasteiger partial charge >= 0.3 is 0 Å². The molecule has 0 radical (unpaired) electrons. The van der Waals surface area contributed by atoms with Gasteiger partial charge in [0.2, 0.25) is 0 Å². The van der Waals surface area contributed by atoms with Crippen molar-refractivity contribution in [1.82, 2.24) is 24.6 Å². The van der Waals surface area contributed by atoms with Gasteiger partial charge in [0.15, 0.2) is 11.5 Å². The SMILES string of the molecule is c1cn2c(-c3cn[nH]c3)cnc2c(Nc2ccc3c(c2)NCCC3)n1. The summed E-state index contributed by atoms with van der Waals surface area (Å²) >= 11 is 0.